The van der Waals surface area contributed by atoms with E-state index in [0.717, 1.165) is 10.0 Å². The van der Waals surface area contributed by atoms with Gasteiger partial charge in [-0.25, -0.2) is 0 Å². The van der Waals surface area contributed by atoms with Crippen molar-refractivity contribution in [1.82, 2.24) is 10.6 Å². The Morgan fingerprint density at radius 1 is 1.07 bits per heavy atom. The number of aryl methyl sites for hydroxylation is 1. The predicted octanol–water partition coefficient (Wildman–Crippen LogP) is 2.91. The fraction of sp³-hybridized carbons (Fsp3) is 0.238. The smallest absolute Gasteiger partial charge is 0.251 e. The van der Waals surface area contributed by atoms with Crippen LogP contribution >= 0.6 is 15.9 Å². The second-order valence-electron chi connectivity index (χ2n) is 6.36. The molecule has 1 atom stereocenters. The lowest BCUT2D eigenvalue weighted by Gasteiger charge is -2.18. The van der Waals surface area contributed by atoms with Crippen molar-refractivity contribution in [2.24, 2.45) is 0 Å². The lowest BCUT2D eigenvalue weighted by atomic mass is 10.1. The number of carbonyl (C=O) groups excluding carboxylic acids is 3. The van der Waals surface area contributed by atoms with E-state index in [1.807, 2.05) is 25.1 Å². The molecule has 0 spiro atoms. The Labute approximate surface area is 177 Å². The van der Waals surface area contributed by atoms with E-state index in [-0.39, 0.29) is 25.3 Å². The summed E-state index contributed by atoms with van der Waals surface area (Å²) in [5, 5.41) is 16.5. The zero-order chi connectivity index (χ0) is 21.2. The molecule has 3 amide bonds. The Kier molecular flexibility index (Phi) is 8.37. The van der Waals surface area contributed by atoms with E-state index in [4.69, 9.17) is 5.26 Å². The average molecular weight is 457 g/mol. The van der Waals surface area contributed by atoms with Crippen LogP contribution in [0.1, 0.15) is 28.8 Å². The molecule has 0 aromatic heterocycles. The van der Waals surface area contributed by atoms with Gasteiger partial charge >= 0.3 is 0 Å². The highest BCUT2D eigenvalue weighted by Gasteiger charge is 2.22. The second kappa shape index (κ2) is 11.0. The van der Waals surface area contributed by atoms with Gasteiger partial charge in [0.1, 0.15) is 12.6 Å². The highest BCUT2D eigenvalue weighted by molar-refractivity contribution is 9.10. The van der Waals surface area contributed by atoms with Crippen molar-refractivity contribution in [2.45, 2.75) is 25.8 Å². The highest BCUT2D eigenvalue weighted by atomic mass is 79.9. The first-order valence-corrected chi connectivity index (χ1v) is 9.76. The molecule has 0 saturated carbocycles. The van der Waals surface area contributed by atoms with Crippen molar-refractivity contribution < 1.29 is 14.4 Å². The molecule has 0 unspecified atom stereocenters. The summed E-state index contributed by atoms with van der Waals surface area (Å²) in [6, 6.07) is 14.9. The zero-order valence-corrected chi connectivity index (χ0v) is 17.5. The molecule has 0 fully saturated rings. The molecule has 0 heterocycles. The monoisotopic (exact) mass is 456 g/mol. The van der Waals surface area contributed by atoms with Crippen LogP contribution in [0.5, 0.6) is 0 Å². The molecular formula is C21H21BrN4O3. The normalized spacial score (nSPS) is 11.1. The second-order valence-corrected chi connectivity index (χ2v) is 7.28. The minimum Gasteiger partial charge on any atom is -0.341 e. The lowest BCUT2D eigenvalue weighted by Crippen LogP contribution is -2.47. The van der Waals surface area contributed by atoms with Gasteiger partial charge in [0.25, 0.3) is 5.91 Å². The molecule has 2 aromatic rings. The number of amides is 3. The van der Waals surface area contributed by atoms with Crippen molar-refractivity contribution in [2.75, 3.05) is 11.9 Å². The van der Waals surface area contributed by atoms with E-state index in [2.05, 4.69) is 31.9 Å². The molecule has 29 heavy (non-hydrogen) atoms. The third kappa shape index (κ3) is 7.39. The molecule has 7 nitrogen and oxygen atoms in total. The maximum absolute atomic E-state index is 12.4. The number of rotatable bonds is 8. The SMILES string of the molecule is Cc1ccc(NC(=O)CC[C@H](NC(=O)c2ccc(Br)cc2)C(=O)NCC#N)cc1. The summed E-state index contributed by atoms with van der Waals surface area (Å²) in [4.78, 5) is 37.0. The first-order chi connectivity index (χ1) is 13.9. The van der Waals surface area contributed by atoms with Gasteiger partial charge in [-0.3, -0.25) is 14.4 Å². The first-order valence-electron chi connectivity index (χ1n) is 8.96. The van der Waals surface area contributed by atoms with E-state index in [9.17, 15) is 14.4 Å². The summed E-state index contributed by atoms with van der Waals surface area (Å²) >= 11 is 3.30. The number of nitrogens with one attached hydrogen (secondary N) is 3. The highest BCUT2D eigenvalue weighted by Crippen LogP contribution is 2.12. The number of halogens is 1. The van der Waals surface area contributed by atoms with Gasteiger partial charge in [0, 0.05) is 22.1 Å². The summed E-state index contributed by atoms with van der Waals surface area (Å²) in [5.74, 6) is -1.22. The quantitative estimate of drug-likeness (QED) is 0.530. The van der Waals surface area contributed by atoms with Gasteiger partial charge in [-0.15, -0.1) is 0 Å². The van der Waals surface area contributed by atoms with Gasteiger partial charge in [-0.05, 0) is 49.7 Å². The molecule has 2 aromatic carbocycles. The van der Waals surface area contributed by atoms with Crippen LogP contribution in [-0.2, 0) is 9.59 Å². The molecule has 0 bridgehead atoms. The van der Waals surface area contributed by atoms with Crippen molar-refractivity contribution >= 4 is 39.3 Å². The molecule has 0 saturated heterocycles. The largest absolute Gasteiger partial charge is 0.341 e. The van der Waals surface area contributed by atoms with Crippen LogP contribution in [0.15, 0.2) is 53.0 Å². The fourth-order valence-corrected chi connectivity index (χ4v) is 2.76. The Morgan fingerprint density at radius 2 is 1.72 bits per heavy atom. The van der Waals surface area contributed by atoms with Gasteiger partial charge in [-0.1, -0.05) is 33.6 Å². The maximum Gasteiger partial charge on any atom is 0.251 e. The van der Waals surface area contributed by atoms with Crippen LogP contribution in [0.25, 0.3) is 0 Å². The average Bonchev–Trinajstić information content (AvgIpc) is 2.71. The van der Waals surface area contributed by atoms with Gasteiger partial charge in [-0.2, -0.15) is 5.26 Å². The molecule has 0 aliphatic heterocycles. The van der Waals surface area contributed by atoms with Gasteiger partial charge < -0.3 is 16.0 Å². The first kappa shape index (κ1) is 22.1. The molecular weight excluding hydrogens is 436 g/mol. The van der Waals surface area contributed by atoms with E-state index in [1.54, 1.807) is 36.4 Å². The molecule has 2 rings (SSSR count). The third-order valence-corrected chi connectivity index (χ3v) is 4.59. The molecule has 0 radical (unpaired) electrons. The molecule has 150 valence electrons. The Balaban J connectivity index is 1.99. The molecule has 3 N–H and O–H groups in total. The van der Waals surface area contributed by atoms with Gasteiger partial charge in [0.15, 0.2) is 0 Å². The predicted molar refractivity (Wildman–Crippen MR) is 113 cm³/mol. The molecule has 0 aliphatic rings. The van der Waals surface area contributed by atoms with Crippen LogP contribution in [0, 0.1) is 18.3 Å². The van der Waals surface area contributed by atoms with E-state index < -0.39 is 17.9 Å². The number of anilines is 1. The summed E-state index contributed by atoms with van der Waals surface area (Å²) in [7, 11) is 0. The molecule has 0 aliphatic carbocycles. The van der Waals surface area contributed by atoms with Crippen LogP contribution in [-0.4, -0.2) is 30.3 Å². The molecule has 8 heteroatoms. The van der Waals surface area contributed by atoms with Crippen molar-refractivity contribution in [3.8, 4) is 6.07 Å². The Morgan fingerprint density at radius 3 is 2.34 bits per heavy atom. The number of hydrogen-bond acceptors (Lipinski definition) is 4. The topological polar surface area (TPSA) is 111 Å². The van der Waals surface area contributed by atoms with E-state index >= 15 is 0 Å². The Bertz CT molecular complexity index is 905. The summed E-state index contributed by atoms with van der Waals surface area (Å²) in [6.07, 6.45) is 0.121. The van der Waals surface area contributed by atoms with Gasteiger partial charge in [0.2, 0.25) is 11.8 Å². The van der Waals surface area contributed by atoms with Crippen LogP contribution in [0.4, 0.5) is 5.69 Å². The lowest BCUT2D eigenvalue weighted by molar-refractivity contribution is -0.123. The number of hydrogen-bond donors (Lipinski definition) is 3. The Hall–Kier alpha value is -3.18. The number of benzene rings is 2. The summed E-state index contributed by atoms with van der Waals surface area (Å²) < 4.78 is 0.824. The van der Waals surface area contributed by atoms with E-state index in [0.29, 0.717) is 11.3 Å². The van der Waals surface area contributed by atoms with Crippen molar-refractivity contribution in [3.63, 3.8) is 0 Å². The van der Waals surface area contributed by atoms with Crippen molar-refractivity contribution in [3.05, 3.63) is 64.1 Å². The maximum atomic E-state index is 12.4. The van der Waals surface area contributed by atoms with Gasteiger partial charge in [0.05, 0.1) is 6.07 Å². The zero-order valence-electron chi connectivity index (χ0n) is 15.9. The van der Waals surface area contributed by atoms with E-state index in [1.165, 1.54) is 0 Å². The van der Waals surface area contributed by atoms with Crippen LogP contribution in [0.3, 0.4) is 0 Å². The standard InChI is InChI=1S/C21H21BrN4O3/c1-14-2-8-17(9-3-14)25-19(27)11-10-18(21(29)24-13-12-23)26-20(28)15-4-6-16(22)7-5-15/h2-9,18H,10-11,13H2,1H3,(H,24,29)(H,25,27)(H,26,28)/t18-/m0/s1. The summed E-state index contributed by atoms with van der Waals surface area (Å²) in [6.45, 7) is 1.77. The minimum atomic E-state index is -0.941. The van der Waals surface area contributed by atoms with Crippen molar-refractivity contribution in [1.29, 1.82) is 5.26 Å². The number of carbonyl (C=O) groups is 3. The third-order valence-electron chi connectivity index (χ3n) is 4.07. The summed E-state index contributed by atoms with van der Waals surface area (Å²) in [5.41, 5.74) is 2.12. The minimum absolute atomic E-state index is 0.0269. The number of nitrogens with zero attached hydrogens (tertiary/aromatic N) is 1. The fourth-order valence-electron chi connectivity index (χ4n) is 2.50. The van der Waals surface area contributed by atoms with Crippen LogP contribution in [0.2, 0.25) is 0 Å². The van der Waals surface area contributed by atoms with Crippen LogP contribution < -0.4 is 16.0 Å². The number of nitriles is 1.